The zero-order valence-corrected chi connectivity index (χ0v) is 13.2. The van der Waals surface area contributed by atoms with E-state index in [-0.39, 0.29) is 6.10 Å². The smallest absolute Gasteiger partial charge is 0.120 e. The number of hydrogen-bond acceptors (Lipinski definition) is 2. The molecule has 0 bridgehead atoms. The van der Waals surface area contributed by atoms with Gasteiger partial charge >= 0.3 is 0 Å². The van der Waals surface area contributed by atoms with E-state index in [4.69, 9.17) is 10.5 Å². The molecule has 0 aliphatic rings. The van der Waals surface area contributed by atoms with Gasteiger partial charge in [0.05, 0.1) is 6.10 Å². The van der Waals surface area contributed by atoms with Gasteiger partial charge in [0.1, 0.15) is 5.75 Å². The molecule has 2 aromatic rings. The summed E-state index contributed by atoms with van der Waals surface area (Å²) in [5, 5.41) is 1.26. The van der Waals surface area contributed by atoms with E-state index in [1.165, 1.54) is 16.5 Å². The van der Waals surface area contributed by atoms with Crippen LogP contribution in [0.1, 0.15) is 39.2 Å². The van der Waals surface area contributed by atoms with Crippen LogP contribution in [0.25, 0.3) is 10.9 Å². The molecule has 1 aromatic carbocycles. The minimum Gasteiger partial charge on any atom is -0.491 e. The maximum atomic E-state index is 5.98. The summed E-state index contributed by atoms with van der Waals surface area (Å²) in [4.78, 5) is 0. The Bertz CT molecular complexity index is 584. The molecule has 3 heteroatoms. The molecule has 2 N–H and O–H groups in total. The third kappa shape index (κ3) is 2.83. The molecule has 0 spiro atoms. The predicted octanol–water partition coefficient (Wildman–Crippen LogP) is 3.66. The van der Waals surface area contributed by atoms with E-state index in [9.17, 15) is 0 Å². The lowest BCUT2D eigenvalue weighted by Gasteiger charge is -2.18. The summed E-state index contributed by atoms with van der Waals surface area (Å²) in [6, 6.07) is 6.32. The SMILES string of the molecule is CC(C)Oc1ccc2c(c1)c(C(CN)C(C)C)cn2C. The Morgan fingerprint density at radius 3 is 2.45 bits per heavy atom. The predicted molar refractivity (Wildman–Crippen MR) is 85.3 cm³/mol. The van der Waals surface area contributed by atoms with E-state index in [1.807, 2.05) is 19.9 Å². The first kappa shape index (κ1) is 14.9. The number of benzene rings is 1. The van der Waals surface area contributed by atoms with E-state index in [2.05, 4.69) is 43.8 Å². The van der Waals surface area contributed by atoms with Crippen molar-refractivity contribution in [3.05, 3.63) is 30.0 Å². The van der Waals surface area contributed by atoms with Crippen LogP contribution in [0.2, 0.25) is 0 Å². The zero-order valence-electron chi connectivity index (χ0n) is 13.2. The maximum Gasteiger partial charge on any atom is 0.120 e. The average molecular weight is 274 g/mol. The Kier molecular flexibility index (Phi) is 4.39. The number of aromatic nitrogens is 1. The quantitative estimate of drug-likeness (QED) is 0.903. The van der Waals surface area contributed by atoms with Gasteiger partial charge in [-0.1, -0.05) is 13.8 Å². The van der Waals surface area contributed by atoms with Crippen molar-refractivity contribution < 1.29 is 4.74 Å². The van der Waals surface area contributed by atoms with Gasteiger partial charge in [0.25, 0.3) is 0 Å². The summed E-state index contributed by atoms with van der Waals surface area (Å²) in [5.41, 5.74) is 8.54. The molecule has 0 saturated heterocycles. The van der Waals surface area contributed by atoms with Gasteiger partial charge in [-0.25, -0.2) is 0 Å². The fourth-order valence-corrected chi connectivity index (χ4v) is 2.80. The van der Waals surface area contributed by atoms with Crippen molar-refractivity contribution in [2.75, 3.05) is 6.54 Å². The molecule has 1 aromatic heterocycles. The fourth-order valence-electron chi connectivity index (χ4n) is 2.80. The van der Waals surface area contributed by atoms with Crippen LogP contribution in [0.3, 0.4) is 0 Å². The summed E-state index contributed by atoms with van der Waals surface area (Å²) >= 11 is 0. The lowest BCUT2D eigenvalue weighted by Crippen LogP contribution is -2.17. The van der Waals surface area contributed by atoms with Crippen LogP contribution in [0.4, 0.5) is 0 Å². The van der Waals surface area contributed by atoms with Crippen molar-refractivity contribution >= 4 is 10.9 Å². The summed E-state index contributed by atoms with van der Waals surface area (Å²) in [7, 11) is 2.09. The van der Waals surface area contributed by atoms with Gasteiger partial charge in [-0.3, -0.25) is 0 Å². The molecule has 2 rings (SSSR count). The summed E-state index contributed by atoms with van der Waals surface area (Å²) < 4.78 is 8.00. The molecule has 1 unspecified atom stereocenters. The highest BCUT2D eigenvalue weighted by Crippen LogP contribution is 2.33. The van der Waals surface area contributed by atoms with Crippen LogP contribution < -0.4 is 10.5 Å². The topological polar surface area (TPSA) is 40.2 Å². The molecular formula is C17H26N2O. The third-order valence-corrected chi connectivity index (χ3v) is 3.82. The standard InChI is InChI=1S/C17H26N2O/c1-11(2)15(9-18)16-10-19(5)17-7-6-13(8-14(16)17)20-12(3)4/h6-8,10-12,15H,9,18H2,1-5H3. The fraction of sp³-hybridized carbons (Fsp3) is 0.529. The summed E-state index contributed by atoms with van der Waals surface area (Å²) in [6.07, 6.45) is 2.40. The first-order chi connectivity index (χ1) is 9.43. The van der Waals surface area contributed by atoms with Crippen LogP contribution in [0.5, 0.6) is 5.75 Å². The van der Waals surface area contributed by atoms with Crippen LogP contribution in [-0.2, 0) is 7.05 Å². The van der Waals surface area contributed by atoms with E-state index >= 15 is 0 Å². The Morgan fingerprint density at radius 1 is 1.20 bits per heavy atom. The minimum absolute atomic E-state index is 0.190. The zero-order chi connectivity index (χ0) is 14.9. The van der Waals surface area contributed by atoms with Crippen molar-refractivity contribution in [3.8, 4) is 5.75 Å². The second-order valence-corrected chi connectivity index (χ2v) is 6.13. The second-order valence-electron chi connectivity index (χ2n) is 6.13. The Hall–Kier alpha value is -1.48. The number of hydrogen-bond donors (Lipinski definition) is 1. The van der Waals surface area contributed by atoms with Gasteiger partial charge in [0.15, 0.2) is 0 Å². The number of aryl methyl sites for hydroxylation is 1. The Labute approximate surface area is 121 Å². The highest BCUT2D eigenvalue weighted by atomic mass is 16.5. The molecule has 0 aliphatic heterocycles. The van der Waals surface area contributed by atoms with E-state index in [0.717, 1.165) is 5.75 Å². The van der Waals surface area contributed by atoms with Crippen LogP contribution in [0, 0.1) is 5.92 Å². The molecule has 0 fully saturated rings. The maximum absolute atomic E-state index is 5.98. The van der Waals surface area contributed by atoms with Crippen LogP contribution >= 0.6 is 0 Å². The van der Waals surface area contributed by atoms with Gasteiger partial charge in [-0.05, 0) is 50.1 Å². The summed E-state index contributed by atoms with van der Waals surface area (Å²) in [6.45, 7) is 9.22. The van der Waals surface area contributed by atoms with Crippen molar-refractivity contribution in [2.24, 2.45) is 18.7 Å². The van der Waals surface area contributed by atoms with E-state index < -0.39 is 0 Å². The highest BCUT2D eigenvalue weighted by molar-refractivity contribution is 5.86. The lowest BCUT2D eigenvalue weighted by atomic mass is 9.88. The monoisotopic (exact) mass is 274 g/mol. The largest absolute Gasteiger partial charge is 0.491 e. The van der Waals surface area contributed by atoms with Crippen molar-refractivity contribution in [1.29, 1.82) is 0 Å². The molecule has 20 heavy (non-hydrogen) atoms. The molecule has 0 saturated carbocycles. The van der Waals surface area contributed by atoms with Crippen molar-refractivity contribution in [2.45, 2.75) is 39.7 Å². The van der Waals surface area contributed by atoms with E-state index in [0.29, 0.717) is 18.4 Å². The molecule has 1 atom stereocenters. The number of nitrogens with two attached hydrogens (primary N) is 1. The molecule has 1 heterocycles. The van der Waals surface area contributed by atoms with E-state index in [1.54, 1.807) is 0 Å². The molecule has 3 nitrogen and oxygen atoms in total. The van der Waals surface area contributed by atoms with Gasteiger partial charge in [-0.15, -0.1) is 0 Å². The Morgan fingerprint density at radius 2 is 1.90 bits per heavy atom. The normalized spacial score (nSPS) is 13.4. The minimum atomic E-state index is 0.190. The highest BCUT2D eigenvalue weighted by Gasteiger charge is 2.19. The first-order valence-corrected chi connectivity index (χ1v) is 7.39. The van der Waals surface area contributed by atoms with Gasteiger partial charge < -0.3 is 15.0 Å². The second kappa shape index (κ2) is 5.88. The summed E-state index contributed by atoms with van der Waals surface area (Å²) in [5.74, 6) is 1.84. The molecule has 0 aliphatic carbocycles. The van der Waals surface area contributed by atoms with Crippen LogP contribution in [-0.4, -0.2) is 17.2 Å². The number of fused-ring (bicyclic) bond motifs is 1. The lowest BCUT2D eigenvalue weighted by molar-refractivity contribution is 0.242. The number of rotatable bonds is 5. The number of nitrogens with zero attached hydrogens (tertiary/aromatic N) is 1. The third-order valence-electron chi connectivity index (χ3n) is 3.82. The molecule has 0 radical (unpaired) electrons. The van der Waals surface area contributed by atoms with Gasteiger partial charge in [0, 0.05) is 30.1 Å². The first-order valence-electron chi connectivity index (χ1n) is 7.39. The van der Waals surface area contributed by atoms with Crippen molar-refractivity contribution in [1.82, 2.24) is 4.57 Å². The molecular weight excluding hydrogens is 248 g/mol. The van der Waals surface area contributed by atoms with Gasteiger partial charge in [0.2, 0.25) is 0 Å². The number of ether oxygens (including phenoxy) is 1. The average Bonchev–Trinajstić information content (AvgIpc) is 2.66. The molecule has 0 amide bonds. The Balaban J connectivity index is 2.54. The van der Waals surface area contributed by atoms with Crippen molar-refractivity contribution in [3.63, 3.8) is 0 Å². The molecule has 110 valence electrons. The van der Waals surface area contributed by atoms with Crippen LogP contribution in [0.15, 0.2) is 24.4 Å². The van der Waals surface area contributed by atoms with Gasteiger partial charge in [-0.2, -0.15) is 0 Å².